The minimum absolute atomic E-state index is 0.119. The summed E-state index contributed by atoms with van der Waals surface area (Å²) >= 11 is 5.75. The Morgan fingerprint density at radius 2 is 1.95 bits per heavy atom. The van der Waals surface area contributed by atoms with Crippen LogP contribution in [0.3, 0.4) is 0 Å². The molecule has 0 saturated heterocycles. The van der Waals surface area contributed by atoms with E-state index >= 15 is 0 Å². The zero-order valence-electron chi connectivity index (χ0n) is 10.8. The van der Waals surface area contributed by atoms with Crippen LogP contribution in [-0.2, 0) is 9.59 Å². The molecule has 1 unspecified atom stereocenters. The first-order valence-electron chi connectivity index (χ1n) is 5.76. The van der Waals surface area contributed by atoms with Crippen molar-refractivity contribution in [2.24, 2.45) is 0 Å². The van der Waals surface area contributed by atoms with E-state index in [1.54, 1.807) is 30.3 Å². The Morgan fingerprint density at radius 3 is 2.47 bits per heavy atom. The van der Waals surface area contributed by atoms with Gasteiger partial charge >= 0.3 is 0 Å². The van der Waals surface area contributed by atoms with Gasteiger partial charge in [-0.15, -0.1) is 0 Å². The van der Waals surface area contributed by atoms with Gasteiger partial charge in [-0.3, -0.25) is 9.59 Å². The number of carbonyl (C=O) groups excluding carboxylic acids is 2. The molecule has 1 amide bonds. The van der Waals surface area contributed by atoms with Gasteiger partial charge in [0.25, 0.3) is 0 Å². The smallest absolute Gasteiger partial charge is 0.216 e. The molecule has 0 spiro atoms. The largest absolute Gasteiger partial charge is 0.380 e. The summed E-state index contributed by atoms with van der Waals surface area (Å²) in [7, 11) is 0. The zero-order valence-corrected chi connectivity index (χ0v) is 11.6. The van der Waals surface area contributed by atoms with Crippen LogP contribution >= 0.6 is 11.6 Å². The molecule has 0 aromatic heterocycles. The van der Waals surface area contributed by atoms with Gasteiger partial charge in [0.05, 0.1) is 6.54 Å². The first-order chi connectivity index (χ1) is 8.81. The van der Waals surface area contributed by atoms with Gasteiger partial charge in [0.2, 0.25) is 5.91 Å². The number of halogens is 1. The molecule has 4 nitrogen and oxygen atoms in total. The summed E-state index contributed by atoms with van der Waals surface area (Å²) in [6, 6.07) is 6.94. The summed E-state index contributed by atoms with van der Waals surface area (Å²) in [5.41, 5.74) is -0.817. The fourth-order valence-corrected chi connectivity index (χ4v) is 1.44. The molecule has 1 rings (SSSR count). The fourth-order valence-electron chi connectivity index (χ4n) is 1.31. The molecular weight excluding hydrogens is 266 g/mol. The van der Waals surface area contributed by atoms with Crippen molar-refractivity contribution in [1.82, 2.24) is 5.32 Å². The predicted octanol–water partition coefficient (Wildman–Crippen LogP) is 1.81. The van der Waals surface area contributed by atoms with Gasteiger partial charge < -0.3 is 10.4 Å². The summed E-state index contributed by atoms with van der Waals surface area (Å²) < 4.78 is 0. The first-order valence-corrected chi connectivity index (χ1v) is 6.14. The SMILES string of the molecule is CC(=O)NCC(C)(O)C(=O)/C=C/c1ccc(Cl)cc1. The number of hydrogen-bond acceptors (Lipinski definition) is 3. The van der Waals surface area contributed by atoms with E-state index in [2.05, 4.69) is 5.32 Å². The number of carbonyl (C=O) groups is 2. The van der Waals surface area contributed by atoms with E-state index in [1.807, 2.05) is 0 Å². The molecule has 0 bridgehead atoms. The van der Waals surface area contributed by atoms with Gasteiger partial charge in [-0.25, -0.2) is 0 Å². The molecular formula is C14H16ClNO3. The third-order valence-corrected chi connectivity index (χ3v) is 2.76. The van der Waals surface area contributed by atoms with Gasteiger partial charge in [0.1, 0.15) is 5.60 Å². The highest BCUT2D eigenvalue weighted by Gasteiger charge is 2.27. The van der Waals surface area contributed by atoms with Crippen molar-refractivity contribution >= 4 is 29.4 Å². The number of benzene rings is 1. The van der Waals surface area contributed by atoms with E-state index in [9.17, 15) is 14.7 Å². The Labute approximate surface area is 117 Å². The topological polar surface area (TPSA) is 66.4 Å². The predicted molar refractivity (Wildman–Crippen MR) is 74.8 cm³/mol. The average Bonchev–Trinajstić information content (AvgIpc) is 2.35. The van der Waals surface area contributed by atoms with Gasteiger partial charge in [0.15, 0.2) is 5.78 Å². The molecule has 0 saturated carbocycles. The van der Waals surface area contributed by atoms with Crippen LogP contribution in [0.25, 0.3) is 6.08 Å². The lowest BCUT2D eigenvalue weighted by atomic mass is 10.00. The van der Waals surface area contributed by atoms with Gasteiger partial charge in [-0.2, -0.15) is 0 Å². The Hall–Kier alpha value is -1.65. The highest BCUT2D eigenvalue weighted by Crippen LogP contribution is 2.12. The van der Waals surface area contributed by atoms with E-state index in [0.29, 0.717) is 5.02 Å². The summed E-state index contributed by atoms with van der Waals surface area (Å²) in [4.78, 5) is 22.6. The van der Waals surface area contributed by atoms with E-state index in [-0.39, 0.29) is 12.5 Å². The summed E-state index contributed by atoms with van der Waals surface area (Å²) in [5, 5.41) is 12.9. The third kappa shape index (κ3) is 5.24. The van der Waals surface area contributed by atoms with E-state index in [1.165, 1.54) is 19.9 Å². The monoisotopic (exact) mass is 281 g/mol. The van der Waals surface area contributed by atoms with Gasteiger partial charge in [-0.1, -0.05) is 29.8 Å². The second-order valence-electron chi connectivity index (χ2n) is 4.43. The molecule has 0 aliphatic rings. The lowest BCUT2D eigenvalue weighted by Gasteiger charge is -2.19. The number of rotatable bonds is 5. The zero-order chi connectivity index (χ0) is 14.5. The molecule has 1 aromatic carbocycles. The van der Waals surface area contributed by atoms with Crippen molar-refractivity contribution in [3.05, 3.63) is 40.9 Å². The van der Waals surface area contributed by atoms with E-state index in [4.69, 9.17) is 11.6 Å². The number of nitrogens with one attached hydrogen (secondary N) is 1. The maximum atomic E-state index is 11.8. The minimum atomic E-state index is -1.62. The normalized spacial score (nSPS) is 14.1. The van der Waals surface area contributed by atoms with Gasteiger partial charge in [0, 0.05) is 11.9 Å². The van der Waals surface area contributed by atoms with E-state index in [0.717, 1.165) is 5.56 Å². The van der Waals surface area contributed by atoms with Crippen LogP contribution in [0.1, 0.15) is 19.4 Å². The number of hydrogen-bond donors (Lipinski definition) is 2. The van der Waals surface area contributed by atoms with Crippen LogP contribution in [0.15, 0.2) is 30.3 Å². The van der Waals surface area contributed by atoms with Crippen LogP contribution in [0, 0.1) is 0 Å². The molecule has 0 heterocycles. The summed E-state index contributed by atoms with van der Waals surface area (Å²) in [6.45, 7) is 2.56. The molecule has 0 radical (unpaired) electrons. The second-order valence-corrected chi connectivity index (χ2v) is 4.87. The quantitative estimate of drug-likeness (QED) is 0.809. The number of aliphatic hydroxyl groups is 1. The molecule has 2 N–H and O–H groups in total. The molecule has 1 aromatic rings. The molecule has 102 valence electrons. The summed E-state index contributed by atoms with van der Waals surface area (Å²) in [6.07, 6.45) is 2.87. The third-order valence-electron chi connectivity index (χ3n) is 2.51. The van der Waals surface area contributed by atoms with Crippen LogP contribution in [0.5, 0.6) is 0 Å². The standard InChI is InChI=1S/C14H16ClNO3/c1-10(17)16-9-14(2,19)13(18)8-5-11-3-6-12(15)7-4-11/h3-8,19H,9H2,1-2H3,(H,16,17)/b8-5+. The molecule has 0 fully saturated rings. The molecule has 0 aliphatic carbocycles. The van der Waals surface area contributed by atoms with Crippen molar-refractivity contribution < 1.29 is 14.7 Å². The molecule has 5 heteroatoms. The highest BCUT2D eigenvalue weighted by atomic mass is 35.5. The van der Waals surface area contributed by atoms with Crippen molar-refractivity contribution in [2.75, 3.05) is 6.54 Å². The molecule has 1 atom stereocenters. The Balaban J connectivity index is 2.67. The highest BCUT2D eigenvalue weighted by molar-refractivity contribution is 6.30. The van der Waals surface area contributed by atoms with Crippen LogP contribution in [-0.4, -0.2) is 28.9 Å². The molecule has 0 aliphatic heterocycles. The van der Waals surface area contributed by atoms with Crippen molar-refractivity contribution in [3.8, 4) is 0 Å². The fraction of sp³-hybridized carbons (Fsp3) is 0.286. The Bertz CT molecular complexity index is 492. The maximum Gasteiger partial charge on any atom is 0.216 e. The number of ketones is 1. The Morgan fingerprint density at radius 1 is 1.37 bits per heavy atom. The van der Waals surface area contributed by atoms with Crippen LogP contribution < -0.4 is 5.32 Å². The average molecular weight is 282 g/mol. The van der Waals surface area contributed by atoms with Crippen molar-refractivity contribution in [2.45, 2.75) is 19.4 Å². The molecule has 19 heavy (non-hydrogen) atoms. The van der Waals surface area contributed by atoms with E-state index < -0.39 is 11.4 Å². The number of amides is 1. The summed E-state index contributed by atoms with van der Waals surface area (Å²) in [5.74, 6) is -0.772. The maximum absolute atomic E-state index is 11.8. The minimum Gasteiger partial charge on any atom is -0.380 e. The second kappa shape index (κ2) is 6.50. The van der Waals surface area contributed by atoms with Crippen LogP contribution in [0.4, 0.5) is 0 Å². The van der Waals surface area contributed by atoms with Gasteiger partial charge in [-0.05, 0) is 30.7 Å². The first kappa shape index (κ1) is 15.4. The van der Waals surface area contributed by atoms with Crippen LogP contribution in [0.2, 0.25) is 5.02 Å². The lowest BCUT2D eigenvalue weighted by Crippen LogP contribution is -2.45. The lowest BCUT2D eigenvalue weighted by molar-refractivity contribution is -0.131. The Kier molecular flexibility index (Phi) is 5.27. The van der Waals surface area contributed by atoms with Crippen molar-refractivity contribution in [3.63, 3.8) is 0 Å². The van der Waals surface area contributed by atoms with Crippen molar-refractivity contribution in [1.29, 1.82) is 0 Å².